The minimum absolute atomic E-state index is 0.109. The lowest BCUT2D eigenvalue weighted by molar-refractivity contribution is -0.138. The Morgan fingerprint density at radius 1 is 0.976 bits per heavy atom. The first-order chi connectivity index (χ1) is 19.3. The Morgan fingerprint density at radius 3 is 2.32 bits per heavy atom. The zero-order chi connectivity index (χ0) is 29.6. The van der Waals surface area contributed by atoms with E-state index in [0.29, 0.717) is 24.3 Å². The van der Waals surface area contributed by atoms with Crippen LogP contribution in [-0.4, -0.2) is 65.9 Å². The molecule has 0 saturated carbocycles. The number of carbonyl (C=O) groups excluding carboxylic acids is 1. The fraction of sp³-hybridized carbons (Fsp3) is 0.379. The smallest absolute Gasteiger partial charge is 0.369 e. The summed E-state index contributed by atoms with van der Waals surface area (Å²) < 4.78 is 43.8. The highest BCUT2D eigenvalue weighted by molar-refractivity contribution is 6.05. The predicted molar refractivity (Wildman–Crippen MR) is 154 cm³/mol. The number of amides is 1. The second-order valence-electron chi connectivity index (χ2n) is 10.7. The standard InChI is InChI=1S/C29H35F3N8O/c1-18-7-8-21(13-25(18)40-17-27(38(6)35-40)23-16-33-37(5)20(23)3)28(41)34-22-14-24(29(30,31)32)19(2)26(15-22)39-11-9-36(4)10-12-39/h7-8,13-17,35H,9-12H2,1-6H3,(H,34,41). The van der Waals surface area contributed by atoms with Crippen LogP contribution in [0.25, 0.3) is 5.70 Å². The van der Waals surface area contributed by atoms with Crippen LogP contribution in [0.3, 0.4) is 0 Å². The number of piperazine rings is 1. The molecule has 1 amide bonds. The number of hydrogen-bond donors (Lipinski definition) is 2. The minimum Gasteiger partial charge on any atom is -0.369 e. The monoisotopic (exact) mass is 568 g/mol. The van der Waals surface area contributed by atoms with Gasteiger partial charge in [-0.3, -0.25) is 19.5 Å². The Morgan fingerprint density at radius 2 is 1.68 bits per heavy atom. The van der Waals surface area contributed by atoms with E-state index in [4.69, 9.17) is 0 Å². The van der Waals surface area contributed by atoms with Gasteiger partial charge in [0, 0.05) is 74.7 Å². The van der Waals surface area contributed by atoms with Crippen molar-refractivity contribution in [3.63, 3.8) is 0 Å². The molecule has 1 saturated heterocycles. The number of nitrogens with zero attached hydrogens (tertiary/aromatic N) is 6. The summed E-state index contributed by atoms with van der Waals surface area (Å²) in [5.74, 6) is -0.493. The van der Waals surface area contributed by atoms with Crippen LogP contribution in [0.15, 0.2) is 42.7 Å². The van der Waals surface area contributed by atoms with Gasteiger partial charge in [0.25, 0.3) is 5.91 Å². The lowest BCUT2D eigenvalue weighted by atomic mass is 10.0. The van der Waals surface area contributed by atoms with Gasteiger partial charge < -0.3 is 15.1 Å². The van der Waals surface area contributed by atoms with Gasteiger partial charge in [0.1, 0.15) is 0 Å². The van der Waals surface area contributed by atoms with Crippen molar-refractivity contribution in [3.8, 4) is 0 Å². The largest absolute Gasteiger partial charge is 0.416 e. The second kappa shape index (κ2) is 10.7. The van der Waals surface area contributed by atoms with Crippen molar-refractivity contribution in [2.24, 2.45) is 7.05 Å². The first kappa shape index (κ1) is 28.5. The quantitative estimate of drug-likeness (QED) is 0.469. The number of carbonyl (C=O) groups is 1. The molecule has 0 unspecified atom stereocenters. The number of rotatable bonds is 5. The topological polar surface area (TPSA) is 71.9 Å². The van der Waals surface area contributed by atoms with Crippen LogP contribution in [0.2, 0.25) is 0 Å². The lowest BCUT2D eigenvalue weighted by Gasteiger charge is -2.35. The predicted octanol–water partition coefficient (Wildman–Crippen LogP) is 4.54. The van der Waals surface area contributed by atoms with Crippen LogP contribution in [0.1, 0.15) is 38.3 Å². The zero-order valence-electron chi connectivity index (χ0n) is 24.1. The molecule has 1 fully saturated rings. The molecule has 5 rings (SSSR count). The number of aryl methyl sites for hydroxylation is 2. The molecule has 2 aliphatic heterocycles. The van der Waals surface area contributed by atoms with Crippen LogP contribution >= 0.6 is 0 Å². The number of hydrazine groups is 2. The maximum atomic E-state index is 14.0. The zero-order valence-corrected chi connectivity index (χ0v) is 24.1. The highest BCUT2D eigenvalue weighted by Gasteiger charge is 2.35. The third kappa shape index (κ3) is 5.62. The summed E-state index contributed by atoms with van der Waals surface area (Å²) in [7, 11) is 5.76. The normalized spacial score (nSPS) is 16.4. The van der Waals surface area contributed by atoms with Crippen molar-refractivity contribution >= 4 is 28.7 Å². The average Bonchev–Trinajstić information content (AvgIpc) is 3.45. The minimum atomic E-state index is -4.55. The van der Waals surface area contributed by atoms with Gasteiger partial charge in [-0.25, -0.2) is 0 Å². The van der Waals surface area contributed by atoms with E-state index < -0.39 is 17.6 Å². The molecule has 2 N–H and O–H groups in total. The molecule has 0 radical (unpaired) electrons. The molecule has 218 valence electrons. The van der Waals surface area contributed by atoms with Crippen LogP contribution in [-0.2, 0) is 13.2 Å². The molecule has 1 aromatic heterocycles. The van der Waals surface area contributed by atoms with Crippen LogP contribution in [0.5, 0.6) is 0 Å². The third-order valence-electron chi connectivity index (χ3n) is 7.90. The number of halogens is 3. The van der Waals surface area contributed by atoms with Gasteiger partial charge in [-0.2, -0.15) is 18.3 Å². The van der Waals surface area contributed by atoms with E-state index in [1.54, 1.807) is 29.1 Å². The van der Waals surface area contributed by atoms with Crippen molar-refractivity contribution < 1.29 is 18.0 Å². The molecular formula is C29H35F3N8O. The van der Waals surface area contributed by atoms with Crippen molar-refractivity contribution in [1.82, 2.24) is 25.2 Å². The molecule has 0 bridgehead atoms. The van der Waals surface area contributed by atoms with Gasteiger partial charge in [0.2, 0.25) is 0 Å². The summed E-state index contributed by atoms with van der Waals surface area (Å²) in [4.78, 5) is 17.5. The molecule has 41 heavy (non-hydrogen) atoms. The fourth-order valence-corrected chi connectivity index (χ4v) is 5.23. The number of benzene rings is 2. The Labute approximate surface area is 237 Å². The Hall–Kier alpha value is -4.03. The van der Waals surface area contributed by atoms with E-state index in [-0.39, 0.29) is 11.3 Å². The van der Waals surface area contributed by atoms with Crippen molar-refractivity contribution in [2.45, 2.75) is 26.9 Å². The van der Waals surface area contributed by atoms with E-state index in [1.807, 2.05) is 62.2 Å². The van der Waals surface area contributed by atoms with E-state index in [2.05, 4.69) is 20.9 Å². The average molecular weight is 569 g/mol. The summed E-state index contributed by atoms with van der Waals surface area (Å²) in [5.41, 5.74) is 8.11. The SMILES string of the molecule is Cc1ccc(C(=O)Nc2cc(N3CCN(C)CC3)c(C)c(C(F)(F)F)c2)cc1N1C=C(c2cnn(C)c2C)N(C)N1. The molecule has 0 atom stereocenters. The number of anilines is 3. The Balaban J connectivity index is 1.43. The first-order valence-corrected chi connectivity index (χ1v) is 13.4. The summed E-state index contributed by atoms with van der Waals surface area (Å²) in [5, 5.41) is 10.7. The van der Waals surface area contributed by atoms with E-state index >= 15 is 0 Å². The highest BCUT2D eigenvalue weighted by Crippen LogP contribution is 2.39. The summed E-state index contributed by atoms with van der Waals surface area (Å²) in [6.07, 6.45) is -0.827. The Bertz CT molecular complexity index is 1500. The van der Waals surface area contributed by atoms with Crippen LogP contribution < -0.4 is 20.8 Å². The molecule has 12 heteroatoms. The number of alkyl halides is 3. The first-order valence-electron chi connectivity index (χ1n) is 13.4. The van der Waals surface area contributed by atoms with Gasteiger partial charge in [0.15, 0.2) is 0 Å². The number of aromatic nitrogens is 2. The van der Waals surface area contributed by atoms with Crippen LogP contribution in [0.4, 0.5) is 30.2 Å². The maximum absolute atomic E-state index is 14.0. The van der Waals surface area contributed by atoms with Crippen molar-refractivity contribution in [1.29, 1.82) is 0 Å². The molecule has 3 heterocycles. The van der Waals surface area contributed by atoms with Crippen molar-refractivity contribution in [3.05, 3.63) is 76.2 Å². The van der Waals surface area contributed by atoms with Crippen molar-refractivity contribution in [2.75, 3.05) is 55.5 Å². The molecule has 2 aromatic carbocycles. The third-order valence-corrected chi connectivity index (χ3v) is 7.90. The maximum Gasteiger partial charge on any atom is 0.416 e. The van der Waals surface area contributed by atoms with Gasteiger partial charge in [0.05, 0.1) is 23.1 Å². The van der Waals surface area contributed by atoms with Gasteiger partial charge in [-0.05, 0) is 63.2 Å². The lowest BCUT2D eigenvalue weighted by Crippen LogP contribution is -2.44. The fourth-order valence-electron chi connectivity index (χ4n) is 5.23. The molecule has 2 aliphatic rings. The van der Waals surface area contributed by atoms with E-state index in [9.17, 15) is 18.0 Å². The number of nitrogens with one attached hydrogen (secondary N) is 2. The molecule has 3 aromatic rings. The van der Waals surface area contributed by atoms with Gasteiger partial charge in [-0.1, -0.05) is 6.07 Å². The molecule has 0 spiro atoms. The highest BCUT2D eigenvalue weighted by atomic mass is 19.4. The van der Waals surface area contributed by atoms with Crippen LogP contribution in [0, 0.1) is 20.8 Å². The summed E-state index contributed by atoms with van der Waals surface area (Å²) >= 11 is 0. The number of likely N-dealkylation sites (N-methyl/N-ethyl adjacent to an activating group) is 1. The molecular weight excluding hydrogens is 533 g/mol. The molecule has 0 aliphatic carbocycles. The Kier molecular flexibility index (Phi) is 7.47. The number of hydrogen-bond acceptors (Lipinski definition) is 7. The summed E-state index contributed by atoms with van der Waals surface area (Å²) in [6.45, 7) is 8.12. The summed E-state index contributed by atoms with van der Waals surface area (Å²) in [6, 6.07) is 7.87. The van der Waals surface area contributed by atoms with Gasteiger partial charge >= 0.3 is 6.18 Å². The molecule has 9 nitrogen and oxygen atoms in total. The van der Waals surface area contributed by atoms with Gasteiger partial charge in [-0.15, -0.1) is 5.53 Å². The van der Waals surface area contributed by atoms with E-state index in [1.165, 1.54) is 6.92 Å². The second-order valence-corrected chi connectivity index (χ2v) is 10.7. The van der Waals surface area contributed by atoms with E-state index in [0.717, 1.165) is 47.4 Å².